The van der Waals surface area contributed by atoms with Crippen LogP contribution in [0.15, 0.2) is 85.2 Å². The summed E-state index contributed by atoms with van der Waals surface area (Å²) in [7, 11) is 1.70. The van der Waals surface area contributed by atoms with Crippen molar-refractivity contribution < 1.29 is 9.64 Å². The Morgan fingerprint density at radius 1 is 0.875 bits per heavy atom. The Morgan fingerprint density at radius 3 is 2.03 bits per heavy atom. The molecule has 0 aliphatic heterocycles. The minimum Gasteiger partial charge on any atom is -0.383 e. The number of aromatic nitrogens is 4. The number of hydrogen-bond donors (Lipinski definition) is 1. The third-order valence-electron chi connectivity index (χ3n) is 5.35. The Hall–Kier alpha value is -3.13. The first-order valence-electron chi connectivity index (χ1n) is 10.7. The van der Waals surface area contributed by atoms with Crippen LogP contribution in [0.1, 0.15) is 11.1 Å². The lowest BCUT2D eigenvalue weighted by Gasteiger charge is -2.19. The lowest BCUT2D eigenvalue weighted by atomic mass is 10.2. The van der Waals surface area contributed by atoms with Gasteiger partial charge >= 0.3 is 0 Å². The first-order chi connectivity index (χ1) is 15.7. The molecule has 1 N–H and O–H groups in total. The van der Waals surface area contributed by atoms with Crippen LogP contribution in [0.4, 0.5) is 0 Å². The van der Waals surface area contributed by atoms with E-state index in [1.54, 1.807) is 19.5 Å². The summed E-state index contributed by atoms with van der Waals surface area (Å²) >= 11 is 5.85. The largest absolute Gasteiger partial charge is 0.383 e. The standard InChI is InChI=1S/C25H27N5OS/c1-31-17-16-29-24(23-12-14-26-15-13-23)27-30(25(29)32)20-28(18-21-8-4-2-5-9-21)19-22-10-6-3-7-11-22/h2-15H,16-20H2,1H3/p+1. The SMILES string of the molecule is COCCn1c(-c2ccncc2)nn(C[NH+](Cc2ccccc2)Cc2ccccc2)c1=S. The van der Waals surface area contributed by atoms with Crippen molar-refractivity contribution in [3.8, 4) is 11.4 Å². The Kier molecular flexibility index (Phi) is 7.55. The lowest BCUT2D eigenvalue weighted by Crippen LogP contribution is -3.08. The molecule has 0 fully saturated rings. The Labute approximate surface area is 193 Å². The zero-order valence-electron chi connectivity index (χ0n) is 18.2. The van der Waals surface area contributed by atoms with E-state index in [9.17, 15) is 0 Å². The summed E-state index contributed by atoms with van der Waals surface area (Å²) in [4.78, 5) is 5.49. The molecule has 2 aromatic heterocycles. The topological polar surface area (TPSA) is 49.3 Å². The predicted molar refractivity (Wildman–Crippen MR) is 127 cm³/mol. The molecule has 0 amide bonds. The molecule has 2 heterocycles. The normalized spacial score (nSPS) is 11.2. The van der Waals surface area contributed by atoms with Gasteiger partial charge in [0.25, 0.3) is 0 Å². The van der Waals surface area contributed by atoms with Crippen LogP contribution in [0, 0.1) is 4.77 Å². The molecule has 2 aromatic carbocycles. The van der Waals surface area contributed by atoms with E-state index in [2.05, 4.69) is 70.2 Å². The second-order valence-corrected chi connectivity index (χ2v) is 8.08. The number of quaternary nitrogens is 1. The van der Waals surface area contributed by atoms with E-state index >= 15 is 0 Å². The smallest absolute Gasteiger partial charge is 0.203 e. The average molecular weight is 447 g/mol. The van der Waals surface area contributed by atoms with Crippen LogP contribution in [-0.4, -0.2) is 33.0 Å². The van der Waals surface area contributed by atoms with Crippen LogP contribution < -0.4 is 4.90 Å². The van der Waals surface area contributed by atoms with Gasteiger partial charge in [-0.15, -0.1) is 5.10 Å². The predicted octanol–water partition coefficient (Wildman–Crippen LogP) is 3.37. The molecule has 4 rings (SSSR count). The molecule has 164 valence electrons. The maximum absolute atomic E-state index is 5.85. The highest BCUT2D eigenvalue weighted by atomic mass is 32.1. The highest BCUT2D eigenvalue weighted by Gasteiger charge is 2.18. The van der Waals surface area contributed by atoms with Crippen LogP contribution in [-0.2, 0) is 31.0 Å². The summed E-state index contributed by atoms with van der Waals surface area (Å²) in [5.41, 5.74) is 3.57. The molecule has 0 saturated carbocycles. The van der Waals surface area contributed by atoms with Crippen LogP contribution in [0.5, 0.6) is 0 Å². The lowest BCUT2D eigenvalue weighted by molar-refractivity contribution is -0.950. The number of hydrogen-bond acceptors (Lipinski definition) is 4. The molecule has 0 bridgehead atoms. The molecular weight excluding hydrogens is 418 g/mol. The zero-order chi connectivity index (χ0) is 22.2. The Balaban J connectivity index is 1.66. The van der Waals surface area contributed by atoms with Crippen molar-refractivity contribution in [3.63, 3.8) is 0 Å². The maximum Gasteiger partial charge on any atom is 0.203 e. The molecule has 6 nitrogen and oxygen atoms in total. The molecule has 0 spiro atoms. The van der Waals surface area contributed by atoms with Crippen molar-refractivity contribution in [1.82, 2.24) is 19.3 Å². The number of ether oxygens (including phenoxy) is 1. The zero-order valence-corrected chi connectivity index (χ0v) is 19.0. The van der Waals surface area contributed by atoms with Crippen molar-refractivity contribution in [1.29, 1.82) is 0 Å². The van der Waals surface area contributed by atoms with Gasteiger partial charge in [-0.1, -0.05) is 60.7 Å². The van der Waals surface area contributed by atoms with Crippen molar-refractivity contribution in [2.45, 2.75) is 26.3 Å². The first kappa shape index (κ1) is 22.1. The van der Waals surface area contributed by atoms with Gasteiger partial charge in [0.2, 0.25) is 4.77 Å². The van der Waals surface area contributed by atoms with E-state index in [1.165, 1.54) is 16.0 Å². The van der Waals surface area contributed by atoms with Crippen LogP contribution in [0.2, 0.25) is 0 Å². The fourth-order valence-electron chi connectivity index (χ4n) is 3.80. The summed E-state index contributed by atoms with van der Waals surface area (Å²) in [5, 5.41) is 4.93. The summed E-state index contributed by atoms with van der Waals surface area (Å²) in [6.45, 7) is 3.66. The van der Waals surface area contributed by atoms with Crippen molar-refractivity contribution in [3.05, 3.63) is 101 Å². The van der Waals surface area contributed by atoms with E-state index in [1.807, 2.05) is 16.8 Å². The molecule has 0 unspecified atom stereocenters. The quantitative estimate of drug-likeness (QED) is 0.380. The molecule has 0 saturated heterocycles. The number of methoxy groups -OCH3 is 1. The summed E-state index contributed by atoms with van der Waals surface area (Å²) in [5.74, 6) is 0.841. The Morgan fingerprint density at radius 2 is 1.47 bits per heavy atom. The van der Waals surface area contributed by atoms with E-state index in [0.29, 0.717) is 24.6 Å². The van der Waals surface area contributed by atoms with E-state index in [0.717, 1.165) is 24.5 Å². The van der Waals surface area contributed by atoms with Gasteiger partial charge in [0.05, 0.1) is 13.2 Å². The van der Waals surface area contributed by atoms with Gasteiger partial charge in [0.15, 0.2) is 12.5 Å². The number of rotatable bonds is 10. The third-order valence-corrected chi connectivity index (χ3v) is 5.78. The highest BCUT2D eigenvalue weighted by Crippen LogP contribution is 2.17. The van der Waals surface area contributed by atoms with Crippen molar-refractivity contribution >= 4 is 12.2 Å². The third kappa shape index (κ3) is 5.56. The van der Waals surface area contributed by atoms with Crippen LogP contribution in [0.25, 0.3) is 11.4 Å². The minimum absolute atomic E-state index is 0.572. The van der Waals surface area contributed by atoms with Crippen molar-refractivity contribution in [2.24, 2.45) is 0 Å². The molecule has 0 aliphatic rings. The number of nitrogens with zero attached hydrogens (tertiary/aromatic N) is 4. The monoisotopic (exact) mass is 446 g/mol. The number of benzene rings is 2. The van der Waals surface area contributed by atoms with Crippen molar-refractivity contribution in [2.75, 3.05) is 13.7 Å². The fourth-order valence-corrected chi connectivity index (χ4v) is 4.08. The summed E-state index contributed by atoms with van der Waals surface area (Å²) in [6, 6.07) is 25.0. The van der Waals surface area contributed by atoms with Crippen LogP contribution in [0.3, 0.4) is 0 Å². The van der Waals surface area contributed by atoms with E-state index in [4.69, 9.17) is 22.1 Å². The van der Waals surface area contributed by atoms with Gasteiger partial charge in [-0.05, 0) is 24.4 Å². The van der Waals surface area contributed by atoms with Gasteiger partial charge in [-0.25, -0.2) is 0 Å². The molecule has 4 aromatic rings. The second kappa shape index (κ2) is 10.9. The first-order valence-corrected chi connectivity index (χ1v) is 11.1. The maximum atomic E-state index is 5.85. The molecule has 7 heteroatoms. The summed E-state index contributed by atoms with van der Waals surface area (Å²) < 4.78 is 10.0. The van der Waals surface area contributed by atoms with Gasteiger partial charge in [-0.2, -0.15) is 4.68 Å². The molecule has 0 radical (unpaired) electrons. The average Bonchev–Trinajstić information content (AvgIpc) is 3.14. The van der Waals surface area contributed by atoms with Gasteiger partial charge in [0.1, 0.15) is 13.1 Å². The molecule has 32 heavy (non-hydrogen) atoms. The summed E-state index contributed by atoms with van der Waals surface area (Å²) in [6.07, 6.45) is 3.56. The highest BCUT2D eigenvalue weighted by molar-refractivity contribution is 7.71. The van der Waals surface area contributed by atoms with Gasteiger partial charge < -0.3 is 9.64 Å². The van der Waals surface area contributed by atoms with Gasteiger partial charge in [0, 0.05) is 36.2 Å². The fraction of sp³-hybridized carbons (Fsp3) is 0.240. The second-order valence-electron chi connectivity index (χ2n) is 7.72. The minimum atomic E-state index is 0.572. The number of pyridine rings is 1. The van der Waals surface area contributed by atoms with Crippen LogP contribution >= 0.6 is 12.2 Å². The van der Waals surface area contributed by atoms with E-state index in [-0.39, 0.29) is 0 Å². The molecule has 0 aliphatic carbocycles. The Bertz CT molecular complexity index is 1120. The van der Waals surface area contributed by atoms with E-state index < -0.39 is 0 Å². The molecule has 0 atom stereocenters. The number of nitrogens with one attached hydrogen (secondary N) is 1. The van der Waals surface area contributed by atoms with Gasteiger partial charge in [-0.3, -0.25) is 9.55 Å². The molecular formula is C25H28N5OS+.